The molecule has 3 aromatic rings. The van der Waals surface area contributed by atoms with Gasteiger partial charge in [0.15, 0.2) is 0 Å². The van der Waals surface area contributed by atoms with E-state index in [1.54, 1.807) is 0 Å². The molecule has 0 bridgehead atoms. The Hall–Kier alpha value is -3.12. The number of benzene rings is 2. The molecule has 1 N–H and O–H groups in total. The van der Waals surface area contributed by atoms with E-state index < -0.39 is 0 Å². The highest BCUT2D eigenvalue weighted by molar-refractivity contribution is 5.70. The van der Waals surface area contributed by atoms with Crippen molar-refractivity contribution in [3.8, 4) is 17.0 Å². The van der Waals surface area contributed by atoms with Crippen molar-refractivity contribution in [2.24, 2.45) is 0 Å². The number of ether oxygens (including phenoxy) is 2. The van der Waals surface area contributed by atoms with Gasteiger partial charge in [-0.25, -0.2) is 4.98 Å². The van der Waals surface area contributed by atoms with Gasteiger partial charge < -0.3 is 19.7 Å². The summed E-state index contributed by atoms with van der Waals surface area (Å²) in [5.41, 5.74) is 2.82. The molecule has 0 unspecified atom stereocenters. The molecule has 2 aromatic carbocycles. The molecule has 0 spiro atoms. The third-order valence-corrected chi connectivity index (χ3v) is 4.53. The van der Waals surface area contributed by atoms with Crippen LogP contribution >= 0.6 is 0 Å². The average molecular weight is 376 g/mol. The van der Waals surface area contributed by atoms with Gasteiger partial charge in [-0.2, -0.15) is 4.98 Å². The average Bonchev–Trinajstić information content (AvgIpc) is 2.76. The summed E-state index contributed by atoms with van der Waals surface area (Å²) in [5, 5.41) is 3.41. The van der Waals surface area contributed by atoms with Crippen molar-refractivity contribution in [2.45, 2.75) is 6.92 Å². The summed E-state index contributed by atoms with van der Waals surface area (Å²) in [5.74, 6) is 2.25. The number of aromatic nitrogens is 2. The summed E-state index contributed by atoms with van der Waals surface area (Å²) < 4.78 is 11.2. The Kier molecular flexibility index (Phi) is 5.68. The van der Waals surface area contributed by atoms with E-state index in [0.29, 0.717) is 25.8 Å². The molecule has 6 nitrogen and oxygen atoms in total. The van der Waals surface area contributed by atoms with Crippen molar-refractivity contribution >= 4 is 17.5 Å². The number of para-hydroxylation sites is 2. The van der Waals surface area contributed by atoms with Crippen LogP contribution in [0.25, 0.3) is 11.3 Å². The molecular weight excluding hydrogens is 352 g/mol. The van der Waals surface area contributed by atoms with Gasteiger partial charge in [0, 0.05) is 24.7 Å². The van der Waals surface area contributed by atoms with Crippen LogP contribution in [0.3, 0.4) is 0 Å². The standard InChI is InChI=1S/C22H24N4O2/c1-2-28-20-11-7-6-10-18(20)23-21-16-19(17-8-4-3-5-9-17)24-22(25-21)26-12-14-27-15-13-26/h3-11,16H,2,12-15H2,1H3,(H,23,24,25). The lowest BCUT2D eigenvalue weighted by Crippen LogP contribution is -2.37. The highest BCUT2D eigenvalue weighted by Crippen LogP contribution is 2.29. The molecule has 1 aromatic heterocycles. The highest BCUT2D eigenvalue weighted by atomic mass is 16.5. The highest BCUT2D eigenvalue weighted by Gasteiger charge is 2.17. The fraction of sp³-hybridized carbons (Fsp3) is 0.273. The Morgan fingerprint density at radius 3 is 2.54 bits per heavy atom. The Labute approximate surface area is 165 Å². The minimum absolute atomic E-state index is 0.608. The van der Waals surface area contributed by atoms with Crippen molar-refractivity contribution in [3.63, 3.8) is 0 Å². The molecule has 28 heavy (non-hydrogen) atoms. The summed E-state index contributed by atoms with van der Waals surface area (Å²) in [6.07, 6.45) is 0. The number of hydrogen-bond acceptors (Lipinski definition) is 6. The zero-order chi connectivity index (χ0) is 19.2. The smallest absolute Gasteiger partial charge is 0.228 e. The molecule has 4 rings (SSSR count). The second kappa shape index (κ2) is 8.71. The molecular formula is C22H24N4O2. The van der Waals surface area contributed by atoms with E-state index in [9.17, 15) is 0 Å². The lowest BCUT2D eigenvalue weighted by molar-refractivity contribution is 0.122. The van der Waals surface area contributed by atoms with E-state index in [1.165, 1.54) is 0 Å². The molecule has 0 aliphatic carbocycles. The molecule has 0 saturated carbocycles. The minimum Gasteiger partial charge on any atom is -0.492 e. The molecule has 6 heteroatoms. The van der Waals surface area contributed by atoms with E-state index in [-0.39, 0.29) is 0 Å². The van der Waals surface area contributed by atoms with Gasteiger partial charge >= 0.3 is 0 Å². The van der Waals surface area contributed by atoms with Crippen LogP contribution in [-0.2, 0) is 4.74 Å². The fourth-order valence-electron chi connectivity index (χ4n) is 3.15. The number of nitrogens with one attached hydrogen (secondary N) is 1. The maximum absolute atomic E-state index is 5.74. The zero-order valence-electron chi connectivity index (χ0n) is 16.0. The topological polar surface area (TPSA) is 59.5 Å². The van der Waals surface area contributed by atoms with Crippen LogP contribution in [0.5, 0.6) is 5.75 Å². The predicted molar refractivity (Wildman–Crippen MR) is 111 cm³/mol. The van der Waals surface area contributed by atoms with Crippen LogP contribution in [0.2, 0.25) is 0 Å². The second-order valence-electron chi connectivity index (χ2n) is 6.46. The molecule has 1 fully saturated rings. The Morgan fingerprint density at radius 2 is 1.75 bits per heavy atom. The van der Waals surface area contributed by atoms with Gasteiger partial charge in [-0.3, -0.25) is 0 Å². The Morgan fingerprint density at radius 1 is 1.00 bits per heavy atom. The van der Waals surface area contributed by atoms with Gasteiger partial charge in [0.25, 0.3) is 0 Å². The van der Waals surface area contributed by atoms with Crippen LogP contribution in [0, 0.1) is 0 Å². The van der Waals surface area contributed by atoms with E-state index in [4.69, 9.17) is 19.4 Å². The first-order valence-corrected chi connectivity index (χ1v) is 9.59. The van der Waals surface area contributed by atoms with Gasteiger partial charge in [-0.05, 0) is 19.1 Å². The molecule has 144 valence electrons. The first kappa shape index (κ1) is 18.3. The van der Waals surface area contributed by atoms with E-state index in [0.717, 1.165) is 41.6 Å². The quantitative estimate of drug-likeness (QED) is 0.698. The summed E-state index contributed by atoms with van der Waals surface area (Å²) in [6.45, 7) is 5.53. The lowest BCUT2D eigenvalue weighted by Gasteiger charge is -2.27. The fourth-order valence-corrected chi connectivity index (χ4v) is 3.15. The Balaban J connectivity index is 1.71. The maximum atomic E-state index is 5.74. The first-order valence-electron chi connectivity index (χ1n) is 9.59. The van der Waals surface area contributed by atoms with E-state index >= 15 is 0 Å². The van der Waals surface area contributed by atoms with Crippen LogP contribution < -0.4 is 15.0 Å². The third-order valence-electron chi connectivity index (χ3n) is 4.53. The lowest BCUT2D eigenvalue weighted by atomic mass is 10.1. The molecule has 1 aliphatic rings. The Bertz CT molecular complexity index is 911. The summed E-state index contributed by atoms with van der Waals surface area (Å²) in [4.78, 5) is 11.7. The van der Waals surface area contributed by atoms with Crippen LogP contribution in [0.1, 0.15) is 6.92 Å². The molecule has 1 saturated heterocycles. The molecule has 0 radical (unpaired) electrons. The van der Waals surface area contributed by atoms with E-state index in [1.807, 2.05) is 55.5 Å². The summed E-state index contributed by atoms with van der Waals surface area (Å²) in [6, 6.07) is 20.0. The summed E-state index contributed by atoms with van der Waals surface area (Å²) >= 11 is 0. The number of hydrogen-bond donors (Lipinski definition) is 1. The number of morpholine rings is 1. The maximum Gasteiger partial charge on any atom is 0.228 e. The van der Waals surface area contributed by atoms with Gasteiger partial charge in [0.1, 0.15) is 11.6 Å². The van der Waals surface area contributed by atoms with Crippen LogP contribution in [0.15, 0.2) is 60.7 Å². The number of anilines is 3. The largest absolute Gasteiger partial charge is 0.492 e. The van der Waals surface area contributed by atoms with Crippen molar-refractivity contribution in [1.29, 1.82) is 0 Å². The SMILES string of the molecule is CCOc1ccccc1Nc1cc(-c2ccccc2)nc(N2CCOCC2)n1. The normalized spacial score (nSPS) is 14.0. The van der Waals surface area contributed by atoms with Gasteiger partial charge in [0.05, 0.1) is 31.2 Å². The molecule has 0 atom stereocenters. The molecule has 0 amide bonds. The second-order valence-corrected chi connectivity index (χ2v) is 6.46. The van der Waals surface area contributed by atoms with Gasteiger partial charge in [-0.1, -0.05) is 42.5 Å². The molecule has 2 heterocycles. The predicted octanol–water partition coefficient (Wildman–Crippen LogP) is 4.12. The van der Waals surface area contributed by atoms with Crippen molar-refractivity contribution in [2.75, 3.05) is 43.1 Å². The van der Waals surface area contributed by atoms with Crippen molar-refractivity contribution in [1.82, 2.24) is 9.97 Å². The van der Waals surface area contributed by atoms with Crippen LogP contribution in [-0.4, -0.2) is 42.9 Å². The zero-order valence-corrected chi connectivity index (χ0v) is 16.0. The van der Waals surface area contributed by atoms with Crippen molar-refractivity contribution in [3.05, 3.63) is 60.7 Å². The van der Waals surface area contributed by atoms with Crippen molar-refractivity contribution < 1.29 is 9.47 Å². The third kappa shape index (κ3) is 4.23. The first-order chi connectivity index (χ1) is 13.8. The minimum atomic E-state index is 0.608. The molecule has 1 aliphatic heterocycles. The van der Waals surface area contributed by atoms with Crippen LogP contribution in [0.4, 0.5) is 17.5 Å². The van der Waals surface area contributed by atoms with E-state index in [2.05, 4.69) is 22.3 Å². The number of rotatable bonds is 6. The van der Waals surface area contributed by atoms with Gasteiger partial charge in [-0.15, -0.1) is 0 Å². The summed E-state index contributed by atoms with van der Waals surface area (Å²) in [7, 11) is 0. The van der Waals surface area contributed by atoms with Gasteiger partial charge in [0.2, 0.25) is 5.95 Å². The number of nitrogens with zero attached hydrogens (tertiary/aromatic N) is 3. The monoisotopic (exact) mass is 376 g/mol.